The highest BCUT2D eigenvalue weighted by Gasteiger charge is 2.19. The van der Waals surface area contributed by atoms with E-state index in [2.05, 4.69) is 15.2 Å². The fourth-order valence-electron chi connectivity index (χ4n) is 3.20. The van der Waals surface area contributed by atoms with Gasteiger partial charge in [0.2, 0.25) is 11.9 Å². The molecule has 0 radical (unpaired) electrons. The Balaban J connectivity index is 1.72. The number of carbonyl (C=O) groups excluding carboxylic acids is 1. The molecule has 3 rings (SSSR count). The second kappa shape index (κ2) is 8.17. The molecule has 0 unspecified atom stereocenters. The third-order valence-electron chi connectivity index (χ3n) is 4.67. The van der Waals surface area contributed by atoms with E-state index in [1.54, 1.807) is 0 Å². The van der Waals surface area contributed by atoms with Crippen LogP contribution in [0.25, 0.3) is 0 Å². The minimum atomic E-state index is -0.184. The van der Waals surface area contributed by atoms with Crippen LogP contribution in [-0.2, 0) is 17.9 Å². The van der Waals surface area contributed by atoms with E-state index in [4.69, 9.17) is 0 Å². The zero-order chi connectivity index (χ0) is 18.5. The molecule has 1 aromatic carbocycles. The van der Waals surface area contributed by atoms with Gasteiger partial charge in [-0.15, -0.1) is 0 Å². The van der Waals surface area contributed by atoms with Gasteiger partial charge in [-0.3, -0.25) is 14.2 Å². The largest absolute Gasteiger partial charge is 0.350 e. The number of hydrogen-bond acceptors (Lipinski definition) is 4. The lowest BCUT2D eigenvalue weighted by Gasteiger charge is -2.29. The lowest BCUT2D eigenvalue weighted by atomic mass is 10.1. The van der Waals surface area contributed by atoms with Gasteiger partial charge in [-0.25, -0.2) is 4.98 Å². The van der Waals surface area contributed by atoms with Crippen molar-refractivity contribution in [1.29, 1.82) is 0 Å². The number of nitrogens with one attached hydrogen (secondary N) is 1. The number of aromatic nitrogens is 2. The van der Waals surface area contributed by atoms with Crippen LogP contribution in [0.2, 0.25) is 0 Å². The molecule has 2 aromatic rings. The van der Waals surface area contributed by atoms with E-state index >= 15 is 0 Å². The van der Waals surface area contributed by atoms with Gasteiger partial charge in [0.1, 0.15) is 6.54 Å². The normalized spacial score (nSPS) is 14.3. The zero-order valence-corrected chi connectivity index (χ0v) is 15.5. The maximum atomic E-state index is 12.5. The van der Waals surface area contributed by atoms with Crippen molar-refractivity contribution in [3.8, 4) is 0 Å². The number of anilines is 1. The second-order valence-electron chi connectivity index (χ2n) is 6.93. The first kappa shape index (κ1) is 18.2. The topological polar surface area (TPSA) is 67.2 Å². The number of carbonyl (C=O) groups is 1. The standard InChI is InChI=1S/C20H26N4O2/c1-15-6-8-17(9-7-15)13-21-18(25)14-24-19(26)12-16(2)22-20(24)23-10-4-3-5-11-23/h6-9,12H,3-5,10-11,13-14H2,1-2H3,(H,21,25). The molecule has 1 N–H and O–H groups in total. The Hall–Kier alpha value is -2.63. The van der Waals surface area contributed by atoms with Crippen LogP contribution in [-0.4, -0.2) is 28.5 Å². The quantitative estimate of drug-likeness (QED) is 0.894. The molecule has 0 spiro atoms. The monoisotopic (exact) mass is 354 g/mol. The second-order valence-corrected chi connectivity index (χ2v) is 6.93. The van der Waals surface area contributed by atoms with E-state index in [0.717, 1.165) is 31.5 Å². The molecular weight excluding hydrogens is 328 g/mol. The average molecular weight is 354 g/mol. The maximum absolute atomic E-state index is 12.5. The number of piperidine rings is 1. The van der Waals surface area contributed by atoms with Gasteiger partial charge < -0.3 is 10.2 Å². The molecule has 1 fully saturated rings. The molecule has 1 aliphatic heterocycles. The minimum absolute atomic E-state index is 0.0101. The first-order valence-corrected chi connectivity index (χ1v) is 9.18. The van der Waals surface area contributed by atoms with Crippen molar-refractivity contribution in [3.63, 3.8) is 0 Å². The summed E-state index contributed by atoms with van der Waals surface area (Å²) in [7, 11) is 0. The van der Waals surface area contributed by atoms with Gasteiger partial charge in [-0.1, -0.05) is 29.8 Å². The van der Waals surface area contributed by atoms with Crippen LogP contribution in [0.3, 0.4) is 0 Å². The van der Waals surface area contributed by atoms with Crippen molar-refractivity contribution in [2.45, 2.75) is 46.2 Å². The summed E-state index contributed by atoms with van der Waals surface area (Å²) in [4.78, 5) is 31.5. The van der Waals surface area contributed by atoms with Crippen LogP contribution in [0.4, 0.5) is 5.95 Å². The van der Waals surface area contributed by atoms with Crippen molar-refractivity contribution in [3.05, 3.63) is 57.5 Å². The van der Waals surface area contributed by atoms with Crippen molar-refractivity contribution in [2.24, 2.45) is 0 Å². The molecule has 0 saturated carbocycles. The molecule has 26 heavy (non-hydrogen) atoms. The minimum Gasteiger partial charge on any atom is -0.350 e. The van der Waals surface area contributed by atoms with E-state index in [1.807, 2.05) is 38.1 Å². The molecule has 2 heterocycles. The van der Waals surface area contributed by atoms with Crippen molar-refractivity contribution < 1.29 is 4.79 Å². The molecule has 1 aliphatic rings. The summed E-state index contributed by atoms with van der Waals surface area (Å²) >= 11 is 0. The number of amides is 1. The summed E-state index contributed by atoms with van der Waals surface area (Å²) in [5.74, 6) is 0.428. The van der Waals surface area contributed by atoms with Crippen molar-refractivity contribution in [1.82, 2.24) is 14.9 Å². The number of hydrogen-bond donors (Lipinski definition) is 1. The third kappa shape index (κ3) is 4.50. The predicted molar refractivity (Wildman–Crippen MR) is 102 cm³/mol. The molecule has 1 amide bonds. The SMILES string of the molecule is Cc1ccc(CNC(=O)Cn2c(N3CCCCC3)nc(C)cc2=O)cc1. The zero-order valence-electron chi connectivity index (χ0n) is 15.5. The highest BCUT2D eigenvalue weighted by molar-refractivity contribution is 5.76. The van der Waals surface area contributed by atoms with Gasteiger partial charge in [0.25, 0.3) is 5.56 Å². The molecule has 1 aromatic heterocycles. The predicted octanol–water partition coefficient (Wildman–Crippen LogP) is 2.17. The fourth-order valence-corrected chi connectivity index (χ4v) is 3.20. The van der Waals surface area contributed by atoms with E-state index in [9.17, 15) is 9.59 Å². The third-order valence-corrected chi connectivity index (χ3v) is 4.67. The first-order chi connectivity index (χ1) is 12.5. The van der Waals surface area contributed by atoms with Gasteiger partial charge >= 0.3 is 0 Å². The molecule has 1 saturated heterocycles. The molecule has 138 valence electrons. The Labute approximate surface area is 153 Å². The Morgan fingerprint density at radius 1 is 1.12 bits per heavy atom. The number of rotatable bonds is 5. The number of aryl methyl sites for hydroxylation is 2. The van der Waals surface area contributed by atoms with Gasteiger partial charge in [-0.2, -0.15) is 0 Å². The van der Waals surface area contributed by atoms with Gasteiger partial charge in [0.15, 0.2) is 0 Å². The number of nitrogens with zero attached hydrogens (tertiary/aromatic N) is 3. The summed E-state index contributed by atoms with van der Waals surface area (Å²) < 4.78 is 1.49. The van der Waals surface area contributed by atoms with Crippen LogP contribution in [0.5, 0.6) is 0 Å². The van der Waals surface area contributed by atoms with Crippen molar-refractivity contribution >= 4 is 11.9 Å². The molecule has 6 nitrogen and oxygen atoms in total. The average Bonchev–Trinajstić information content (AvgIpc) is 2.64. The first-order valence-electron chi connectivity index (χ1n) is 9.18. The van der Waals surface area contributed by atoms with Crippen LogP contribution < -0.4 is 15.8 Å². The van der Waals surface area contributed by atoms with Crippen LogP contribution in [0.1, 0.15) is 36.1 Å². The molecular formula is C20H26N4O2. The van der Waals surface area contributed by atoms with E-state index in [1.165, 1.54) is 22.6 Å². The highest BCUT2D eigenvalue weighted by atomic mass is 16.2. The van der Waals surface area contributed by atoms with Crippen LogP contribution in [0.15, 0.2) is 35.1 Å². The Morgan fingerprint density at radius 3 is 2.50 bits per heavy atom. The number of benzene rings is 1. The molecule has 0 aliphatic carbocycles. The van der Waals surface area contributed by atoms with E-state index < -0.39 is 0 Å². The highest BCUT2D eigenvalue weighted by Crippen LogP contribution is 2.16. The summed E-state index contributed by atoms with van der Waals surface area (Å²) in [6.07, 6.45) is 3.37. The van der Waals surface area contributed by atoms with Gasteiger partial charge in [-0.05, 0) is 38.7 Å². The fraction of sp³-hybridized carbons (Fsp3) is 0.450. The van der Waals surface area contributed by atoms with Crippen LogP contribution >= 0.6 is 0 Å². The summed E-state index contributed by atoms with van der Waals surface area (Å²) in [5.41, 5.74) is 2.73. The van der Waals surface area contributed by atoms with Crippen molar-refractivity contribution in [2.75, 3.05) is 18.0 Å². The van der Waals surface area contributed by atoms with E-state index in [-0.39, 0.29) is 18.0 Å². The smallest absolute Gasteiger partial charge is 0.255 e. The van der Waals surface area contributed by atoms with Gasteiger partial charge in [0.05, 0.1) is 0 Å². The summed E-state index contributed by atoms with van der Waals surface area (Å²) in [6.45, 7) is 6.04. The maximum Gasteiger partial charge on any atom is 0.255 e. The Morgan fingerprint density at radius 2 is 1.81 bits per heavy atom. The lowest BCUT2D eigenvalue weighted by Crippen LogP contribution is -2.39. The molecule has 0 atom stereocenters. The molecule has 6 heteroatoms. The Kier molecular flexibility index (Phi) is 5.71. The Bertz CT molecular complexity index is 821. The molecule has 0 bridgehead atoms. The van der Waals surface area contributed by atoms with Gasteiger partial charge in [0, 0.05) is 31.4 Å². The lowest BCUT2D eigenvalue weighted by molar-refractivity contribution is -0.121. The van der Waals surface area contributed by atoms with Crippen LogP contribution in [0, 0.1) is 13.8 Å². The summed E-state index contributed by atoms with van der Waals surface area (Å²) in [5, 5.41) is 2.89. The summed E-state index contributed by atoms with van der Waals surface area (Å²) in [6, 6.07) is 9.51. The van der Waals surface area contributed by atoms with E-state index in [0.29, 0.717) is 18.2 Å².